The summed E-state index contributed by atoms with van der Waals surface area (Å²) in [5, 5.41) is 12.7. The van der Waals surface area contributed by atoms with Gasteiger partial charge in [-0.05, 0) is 42.7 Å². The van der Waals surface area contributed by atoms with Crippen LogP contribution in [-0.2, 0) is 16.0 Å². The Labute approximate surface area is 150 Å². The Morgan fingerprint density at radius 3 is 2.96 bits per heavy atom. The van der Waals surface area contributed by atoms with E-state index >= 15 is 0 Å². The Morgan fingerprint density at radius 2 is 2.20 bits per heavy atom. The number of aromatic nitrogens is 1. The molecule has 2 amide bonds. The number of aryl methyl sites for hydroxylation is 1. The van der Waals surface area contributed by atoms with E-state index in [-0.39, 0.29) is 24.0 Å². The minimum atomic E-state index is -0.520. The van der Waals surface area contributed by atoms with Crippen molar-refractivity contribution in [3.8, 4) is 5.75 Å². The van der Waals surface area contributed by atoms with Gasteiger partial charge in [0.05, 0.1) is 6.20 Å². The zero-order valence-electron chi connectivity index (χ0n) is 13.5. The molecule has 0 radical (unpaired) electrons. The summed E-state index contributed by atoms with van der Waals surface area (Å²) >= 11 is 5.97. The first kappa shape index (κ1) is 17.2. The summed E-state index contributed by atoms with van der Waals surface area (Å²) in [5.74, 6) is -0.259. The monoisotopic (exact) mass is 359 g/mol. The lowest BCUT2D eigenvalue weighted by molar-refractivity contribution is -0.126. The largest absolute Gasteiger partial charge is 0.506 e. The summed E-state index contributed by atoms with van der Waals surface area (Å²) in [7, 11) is 0. The van der Waals surface area contributed by atoms with E-state index < -0.39 is 6.04 Å². The molecule has 25 heavy (non-hydrogen) atoms. The summed E-state index contributed by atoms with van der Waals surface area (Å²) in [6.07, 6.45) is 4.18. The van der Waals surface area contributed by atoms with Crippen LogP contribution < -0.4 is 10.2 Å². The summed E-state index contributed by atoms with van der Waals surface area (Å²) in [6.45, 7) is 0.542. The van der Waals surface area contributed by atoms with E-state index in [0.29, 0.717) is 24.4 Å². The van der Waals surface area contributed by atoms with Gasteiger partial charge in [0, 0.05) is 29.9 Å². The summed E-state index contributed by atoms with van der Waals surface area (Å²) < 4.78 is 0. The van der Waals surface area contributed by atoms with Gasteiger partial charge in [0.1, 0.15) is 11.8 Å². The normalized spacial score (nSPS) is 16.9. The Balaban J connectivity index is 1.55. The predicted molar refractivity (Wildman–Crippen MR) is 94.6 cm³/mol. The number of nitrogens with one attached hydrogen (secondary N) is 1. The van der Waals surface area contributed by atoms with Crippen LogP contribution in [0.1, 0.15) is 18.4 Å². The van der Waals surface area contributed by atoms with Gasteiger partial charge in [-0.15, -0.1) is 0 Å². The average molecular weight is 360 g/mol. The van der Waals surface area contributed by atoms with E-state index in [1.165, 1.54) is 6.20 Å². The number of hydrogen-bond acceptors (Lipinski definition) is 4. The third kappa shape index (κ3) is 4.28. The highest BCUT2D eigenvalue weighted by Gasteiger charge is 2.33. The van der Waals surface area contributed by atoms with E-state index in [4.69, 9.17) is 11.6 Å². The number of benzene rings is 1. The number of carbonyl (C=O) groups is 2. The number of amides is 2. The Kier molecular flexibility index (Phi) is 5.19. The number of pyridine rings is 1. The number of hydrogen-bond donors (Lipinski definition) is 2. The topological polar surface area (TPSA) is 82.5 Å². The number of aromatic hydroxyl groups is 1. The standard InChI is InChI=1S/C18H18ClN3O3/c19-13-2-1-3-14(9-13)22-7-6-16(18(22)25)21-17(24)5-4-12-8-15(23)11-20-10-12/h1-3,8-11,16,23H,4-7H2,(H,21,24)/t16-/m0/s1. The molecule has 2 heterocycles. The number of carbonyl (C=O) groups excluding carboxylic acids is 2. The predicted octanol–water partition coefficient (Wildman–Crippen LogP) is 2.29. The van der Waals surface area contributed by atoms with Crippen LogP contribution in [0.3, 0.4) is 0 Å². The molecular formula is C18H18ClN3O3. The molecule has 0 aliphatic carbocycles. The molecule has 2 aromatic rings. The first-order chi connectivity index (χ1) is 12.0. The van der Waals surface area contributed by atoms with Crippen LogP contribution in [0, 0.1) is 0 Å². The molecule has 1 aliphatic rings. The number of rotatable bonds is 5. The molecule has 2 N–H and O–H groups in total. The Hall–Kier alpha value is -2.60. The second kappa shape index (κ2) is 7.53. The quantitative estimate of drug-likeness (QED) is 0.858. The number of anilines is 1. The lowest BCUT2D eigenvalue weighted by atomic mass is 10.1. The zero-order chi connectivity index (χ0) is 17.8. The maximum absolute atomic E-state index is 12.5. The molecule has 1 aromatic carbocycles. The van der Waals surface area contributed by atoms with Gasteiger partial charge in [0.25, 0.3) is 0 Å². The summed E-state index contributed by atoms with van der Waals surface area (Å²) in [6, 6.07) is 8.15. The third-order valence-electron chi connectivity index (χ3n) is 4.08. The fraction of sp³-hybridized carbons (Fsp3) is 0.278. The fourth-order valence-corrected chi connectivity index (χ4v) is 3.03. The van der Waals surface area contributed by atoms with Crippen molar-refractivity contribution in [1.29, 1.82) is 0 Å². The van der Waals surface area contributed by atoms with Gasteiger partial charge in [-0.1, -0.05) is 17.7 Å². The van der Waals surface area contributed by atoms with Crippen LogP contribution in [-0.4, -0.2) is 34.5 Å². The van der Waals surface area contributed by atoms with Gasteiger partial charge in [0.15, 0.2) is 0 Å². The van der Waals surface area contributed by atoms with E-state index in [1.807, 2.05) is 6.07 Å². The maximum Gasteiger partial charge on any atom is 0.249 e. The molecule has 0 spiro atoms. The van der Waals surface area contributed by atoms with E-state index in [0.717, 1.165) is 11.3 Å². The van der Waals surface area contributed by atoms with Gasteiger partial charge >= 0.3 is 0 Å². The average Bonchev–Trinajstić information content (AvgIpc) is 2.94. The van der Waals surface area contributed by atoms with Crippen LogP contribution in [0.25, 0.3) is 0 Å². The van der Waals surface area contributed by atoms with Gasteiger partial charge in [-0.2, -0.15) is 0 Å². The van der Waals surface area contributed by atoms with Crippen LogP contribution in [0.15, 0.2) is 42.7 Å². The molecule has 0 unspecified atom stereocenters. The van der Waals surface area contributed by atoms with Crippen LogP contribution in [0.5, 0.6) is 5.75 Å². The highest BCUT2D eigenvalue weighted by atomic mass is 35.5. The molecule has 130 valence electrons. The molecule has 1 fully saturated rings. The fourth-order valence-electron chi connectivity index (χ4n) is 2.85. The molecule has 1 aromatic heterocycles. The van der Waals surface area contributed by atoms with Crippen molar-refractivity contribution in [2.24, 2.45) is 0 Å². The van der Waals surface area contributed by atoms with Crippen molar-refractivity contribution in [3.05, 3.63) is 53.3 Å². The van der Waals surface area contributed by atoms with Crippen molar-refractivity contribution in [2.75, 3.05) is 11.4 Å². The zero-order valence-corrected chi connectivity index (χ0v) is 14.2. The van der Waals surface area contributed by atoms with Crippen LogP contribution in [0.4, 0.5) is 5.69 Å². The van der Waals surface area contributed by atoms with Crippen molar-refractivity contribution in [3.63, 3.8) is 0 Å². The lowest BCUT2D eigenvalue weighted by Gasteiger charge is -2.17. The molecule has 3 rings (SSSR count). The molecule has 1 atom stereocenters. The van der Waals surface area contributed by atoms with Gasteiger partial charge in [0.2, 0.25) is 11.8 Å². The van der Waals surface area contributed by atoms with Crippen LogP contribution in [0.2, 0.25) is 5.02 Å². The molecule has 1 saturated heterocycles. The second-order valence-corrected chi connectivity index (χ2v) is 6.37. The molecular weight excluding hydrogens is 342 g/mol. The third-order valence-corrected chi connectivity index (χ3v) is 4.32. The highest BCUT2D eigenvalue weighted by Crippen LogP contribution is 2.24. The summed E-state index contributed by atoms with van der Waals surface area (Å²) in [4.78, 5) is 30.1. The minimum Gasteiger partial charge on any atom is -0.506 e. The van der Waals surface area contributed by atoms with Crippen molar-refractivity contribution in [2.45, 2.75) is 25.3 Å². The molecule has 0 bridgehead atoms. The SMILES string of the molecule is O=C(CCc1cncc(O)c1)N[C@H]1CCN(c2cccc(Cl)c2)C1=O. The van der Waals surface area contributed by atoms with E-state index in [9.17, 15) is 14.7 Å². The van der Waals surface area contributed by atoms with Gasteiger partial charge in [-0.3, -0.25) is 14.6 Å². The number of nitrogens with zero attached hydrogens (tertiary/aromatic N) is 2. The first-order valence-corrected chi connectivity index (χ1v) is 8.40. The second-order valence-electron chi connectivity index (χ2n) is 5.93. The van der Waals surface area contributed by atoms with Crippen molar-refractivity contribution < 1.29 is 14.7 Å². The van der Waals surface area contributed by atoms with E-state index in [1.54, 1.807) is 35.4 Å². The molecule has 7 heteroatoms. The van der Waals surface area contributed by atoms with Crippen molar-refractivity contribution in [1.82, 2.24) is 10.3 Å². The maximum atomic E-state index is 12.5. The number of halogens is 1. The lowest BCUT2D eigenvalue weighted by Crippen LogP contribution is -2.41. The summed E-state index contributed by atoms with van der Waals surface area (Å²) in [5.41, 5.74) is 1.51. The van der Waals surface area contributed by atoms with Gasteiger partial charge < -0.3 is 15.3 Å². The van der Waals surface area contributed by atoms with E-state index in [2.05, 4.69) is 10.3 Å². The molecule has 1 aliphatic heterocycles. The van der Waals surface area contributed by atoms with Crippen molar-refractivity contribution >= 4 is 29.1 Å². The smallest absolute Gasteiger partial charge is 0.249 e. The molecule has 6 nitrogen and oxygen atoms in total. The highest BCUT2D eigenvalue weighted by molar-refractivity contribution is 6.31. The minimum absolute atomic E-state index is 0.0704. The Bertz CT molecular complexity index is 797. The van der Waals surface area contributed by atoms with Crippen LogP contribution >= 0.6 is 11.6 Å². The Morgan fingerprint density at radius 1 is 1.36 bits per heavy atom. The molecule has 0 saturated carbocycles. The first-order valence-electron chi connectivity index (χ1n) is 8.02. The van der Waals surface area contributed by atoms with Gasteiger partial charge in [-0.25, -0.2) is 0 Å².